The van der Waals surface area contributed by atoms with Crippen LogP contribution >= 0.6 is 0 Å². The maximum atomic E-state index is 13.2. The molecule has 3 rings (SSSR count). The normalized spacial score (nSPS) is 11.4. The minimum Gasteiger partial charge on any atom is -0.495 e. The molecule has 3 aromatic rings. The largest absolute Gasteiger partial charge is 0.495 e. The molecule has 0 radical (unpaired) electrons. The molecule has 28 heavy (non-hydrogen) atoms. The second-order valence-electron chi connectivity index (χ2n) is 6.38. The summed E-state index contributed by atoms with van der Waals surface area (Å²) in [5.41, 5.74) is 3.25. The third-order valence-corrected chi connectivity index (χ3v) is 4.41. The molecule has 1 atom stereocenters. The summed E-state index contributed by atoms with van der Waals surface area (Å²) in [6.45, 7) is 1.97. The molecule has 0 spiro atoms. The fraction of sp³-hybridized carbons (Fsp3) is 0.174. The molecule has 0 aliphatic rings. The second kappa shape index (κ2) is 8.95. The van der Waals surface area contributed by atoms with Crippen LogP contribution in [-0.4, -0.2) is 20.1 Å². The monoisotopic (exact) mass is 376 g/mol. The van der Waals surface area contributed by atoms with Crippen molar-refractivity contribution in [2.45, 2.75) is 13.0 Å². The number of anilines is 2. The van der Waals surface area contributed by atoms with Gasteiger partial charge in [0.05, 0.1) is 25.6 Å². The van der Waals surface area contributed by atoms with E-state index in [1.54, 1.807) is 14.2 Å². The van der Waals surface area contributed by atoms with Crippen LogP contribution in [0, 0.1) is 6.92 Å². The number of nitrogens with one attached hydrogen (secondary N) is 2. The first kappa shape index (κ1) is 19.3. The van der Waals surface area contributed by atoms with Gasteiger partial charge in [-0.15, -0.1) is 0 Å². The molecule has 0 aromatic heterocycles. The Morgan fingerprint density at radius 2 is 1.46 bits per heavy atom. The smallest absolute Gasteiger partial charge is 0.251 e. The average molecular weight is 376 g/mol. The maximum absolute atomic E-state index is 13.2. The first-order valence-corrected chi connectivity index (χ1v) is 9.02. The molecule has 0 bridgehead atoms. The van der Waals surface area contributed by atoms with Crippen LogP contribution in [0.4, 0.5) is 11.4 Å². The molecule has 2 N–H and O–H groups in total. The minimum atomic E-state index is -0.609. The zero-order chi connectivity index (χ0) is 19.9. The molecule has 0 saturated carbocycles. The van der Waals surface area contributed by atoms with Gasteiger partial charge in [-0.05, 0) is 42.3 Å². The Morgan fingerprint density at radius 1 is 0.821 bits per heavy atom. The number of rotatable bonds is 7. The van der Waals surface area contributed by atoms with Gasteiger partial charge in [-0.3, -0.25) is 4.79 Å². The summed E-state index contributed by atoms with van der Waals surface area (Å²) in [6.07, 6.45) is 0. The van der Waals surface area contributed by atoms with Crippen molar-refractivity contribution in [1.82, 2.24) is 0 Å². The van der Waals surface area contributed by atoms with Crippen LogP contribution in [0.2, 0.25) is 0 Å². The quantitative estimate of drug-likeness (QED) is 0.622. The van der Waals surface area contributed by atoms with Gasteiger partial charge in [0.2, 0.25) is 0 Å². The van der Waals surface area contributed by atoms with Gasteiger partial charge in [0, 0.05) is 0 Å². The number of carbonyl (C=O) groups excluding carboxylic acids is 1. The van der Waals surface area contributed by atoms with Crippen molar-refractivity contribution in [2.75, 3.05) is 24.9 Å². The summed E-state index contributed by atoms with van der Waals surface area (Å²) >= 11 is 0. The summed E-state index contributed by atoms with van der Waals surface area (Å²) < 4.78 is 10.8. The van der Waals surface area contributed by atoms with Crippen LogP contribution in [0.1, 0.15) is 17.2 Å². The van der Waals surface area contributed by atoms with Crippen LogP contribution in [0.25, 0.3) is 0 Å². The predicted molar refractivity (Wildman–Crippen MR) is 112 cm³/mol. The van der Waals surface area contributed by atoms with E-state index < -0.39 is 6.04 Å². The summed E-state index contributed by atoms with van der Waals surface area (Å²) in [5, 5.41) is 6.30. The second-order valence-corrected chi connectivity index (χ2v) is 6.38. The Hall–Kier alpha value is -3.47. The molecule has 0 aliphatic carbocycles. The number of aryl methyl sites for hydroxylation is 1. The van der Waals surface area contributed by atoms with Gasteiger partial charge in [-0.2, -0.15) is 0 Å². The van der Waals surface area contributed by atoms with E-state index in [9.17, 15) is 4.79 Å². The average Bonchev–Trinajstić information content (AvgIpc) is 2.73. The van der Waals surface area contributed by atoms with Crippen molar-refractivity contribution >= 4 is 17.3 Å². The molecule has 3 aromatic carbocycles. The van der Waals surface area contributed by atoms with E-state index in [2.05, 4.69) is 10.6 Å². The number of methoxy groups -OCH3 is 2. The van der Waals surface area contributed by atoms with Crippen LogP contribution in [-0.2, 0) is 4.79 Å². The van der Waals surface area contributed by atoms with E-state index in [-0.39, 0.29) is 5.91 Å². The number of amides is 1. The van der Waals surface area contributed by atoms with Gasteiger partial charge in [-0.1, -0.05) is 48.5 Å². The lowest BCUT2D eigenvalue weighted by molar-refractivity contribution is -0.117. The number of ether oxygens (including phenoxy) is 2. The molecule has 0 aliphatic heterocycles. The van der Waals surface area contributed by atoms with Crippen molar-refractivity contribution < 1.29 is 14.3 Å². The van der Waals surface area contributed by atoms with Gasteiger partial charge < -0.3 is 20.1 Å². The van der Waals surface area contributed by atoms with Crippen LogP contribution < -0.4 is 20.1 Å². The Balaban J connectivity index is 1.93. The molecule has 0 heterocycles. The Kier molecular flexibility index (Phi) is 6.17. The molecule has 0 saturated heterocycles. The van der Waals surface area contributed by atoms with E-state index in [1.807, 2.05) is 79.7 Å². The van der Waals surface area contributed by atoms with E-state index >= 15 is 0 Å². The van der Waals surface area contributed by atoms with Gasteiger partial charge in [0.25, 0.3) is 5.91 Å². The highest BCUT2D eigenvalue weighted by Crippen LogP contribution is 2.30. The molecule has 5 heteroatoms. The zero-order valence-corrected chi connectivity index (χ0v) is 16.2. The lowest BCUT2D eigenvalue weighted by Crippen LogP contribution is -2.27. The van der Waals surface area contributed by atoms with Crippen LogP contribution in [0.15, 0.2) is 72.8 Å². The van der Waals surface area contributed by atoms with Crippen molar-refractivity contribution in [3.05, 3.63) is 83.9 Å². The highest BCUT2D eigenvalue weighted by molar-refractivity contribution is 5.98. The van der Waals surface area contributed by atoms with E-state index in [0.29, 0.717) is 17.2 Å². The SMILES string of the molecule is COc1ccc(C)cc1NC(=O)[C@@H](Nc1ccccc1OC)c1ccccc1. The molecular weight excluding hydrogens is 352 g/mol. The van der Waals surface area contributed by atoms with Crippen molar-refractivity contribution in [3.8, 4) is 11.5 Å². The van der Waals surface area contributed by atoms with Crippen molar-refractivity contribution in [3.63, 3.8) is 0 Å². The molecule has 1 amide bonds. The third kappa shape index (κ3) is 4.43. The van der Waals surface area contributed by atoms with Crippen molar-refractivity contribution in [2.24, 2.45) is 0 Å². The Labute approximate surface area is 165 Å². The lowest BCUT2D eigenvalue weighted by Gasteiger charge is -2.22. The third-order valence-electron chi connectivity index (χ3n) is 4.41. The minimum absolute atomic E-state index is 0.194. The summed E-state index contributed by atoms with van der Waals surface area (Å²) in [7, 11) is 3.19. The molecule has 0 unspecified atom stereocenters. The fourth-order valence-electron chi connectivity index (χ4n) is 2.99. The van der Waals surface area contributed by atoms with Gasteiger partial charge in [0.15, 0.2) is 0 Å². The van der Waals surface area contributed by atoms with Gasteiger partial charge >= 0.3 is 0 Å². The topological polar surface area (TPSA) is 59.6 Å². The molecule has 0 fully saturated rings. The first-order chi connectivity index (χ1) is 13.6. The number of hydrogen-bond donors (Lipinski definition) is 2. The number of benzene rings is 3. The molecule has 5 nitrogen and oxygen atoms in total. The molecule has 144 valence electrons. The van der Waals surface area contributed by atoms with E-state index in [0.717, 1.165) is 16.8 Å². The lowest BCUT2D eigenvalue weighted by atomic mass is 10.0. The maximum Gasteiger partial charge on any atom is 0.251 e. The number of para-hydroxylation sites is 2. The zero-order valence-electron chi connectivity index (χ0n) is 16.2. The highest BCUT2D eigenvalue weighted by atomic mass is 16.5. The summed E-state index contributed by atoms with van der Waals surface area (Å²) in [6, 6.07) is 22.2. The van der Waals surface area contributed by atoms with Crippen LogP contribution in [0.3, 0.4) is 0 Å². The standard InChI is InChI=1S/C23H24N2O3/c1-16-13-14-21(28-3)19(15-16)25-23(26)22(17-9-5-4-6-10-17)24-18-11-7-8-12-20(18)27-2/h4-15,22,24H,1-3H3,(H,25,26)/t22-/m0/s1. The van der Waals surface area contributed by atoms with Crippen LogP contribution in [0.5, 0.6) is 11.5 Å². The van der Waals surface area contributed by atoms with E-state index in [4.69, 9.17) is 9.47 Å². The Morgan fingerprint density at radius 3 is 2.18 bits per heavy atom. The van der Waals surface area contributed by atoms with Crippen molar-refractivity contribution in [1.29, 1.82) is 0 Å². The molecular formula is C23H24N2O3. The van der Waals surface area contributed by atoms with Gasteiger partial charge in [-0.25, -0.2) is 0 Å². The fourth-order valence-corrected chi connectivity index (χ4v) is 2.99. The van der Waals surface area contributed by atoms with Gasteiger partial charge in [0.1, 0.15) is 17.5 Å². The first-order valence-electron chi connectivity index (χ1n) is 9.02. The summed E-state index contributed by atoms with van der Waals surface area (Å²) in [5.74, 6) is 1.09. The van der Waals surface area contributed by atoms with E-state index in [1.165, 1.54) is 0 Å². The highest BCUT2D eigenvalue weighted by Gasteiger charge is 2.23. The summed E-state index contributed by atoms with van der Waals surface area (Å²) in [4.78, 5) is 13.2. The number of hydrogen-bond acceptors (Lipinski definition) is 4. The Bertz CT molecular complexity index is 942. The predicted octanol–water partition coefficient (Wildman–Crippen LogP) is 4.80. The number of carbonyl (C=O) groups is 1.